The zero-order valence-corrected chi connectivity index (χ0v) is 19.8. The van der Waals surface area contributed by atoms with Gasteiger partial charge in [-0.3, -0.25) is 4.79 Å². The van der Waals surface area contributed by atoms with E-state index >= 15 is 0 Å². The largest absolute Gasteiger partial charge is 0.490 e. The fourth-order valence-electron chi connectivity index (χ4n) is 4.43. The average molecular weight is 481 g/mol. The molecule has 0 spiro atoms. The molecule has 0 saturated carbocycles. The Morgan fingerprint density at radius 2 is 1.94 bits per heavy atom. The van der Waals surface area contributed by atoms with E-state index in [-0.39, 0.29) is 17.2 Å². The fourth-order valence-corrected chi connectivity index (χ4v) is 5.87. The molecule has 1 aliphatic carbocycles. The minimum Gasteiger partial charge on any atom is -0.490 e. The van der Waals surface area contributed by atoms with Gasteiger partial charge in [-0.25, -0.2) is 9.18 Å². The second kappa shape index (κ2) is 9.10. The Bertz CT molecular complexity index is 1250. The summed E-state index contributed by atoms with van der Waals surface area (Å²) < 4.78 is 24.4. The fraction of sp³-hybridized carbons (Fsp3) is 0.308. The van der Waals surface area contributed by atoms with Crippen molar-refractivity contribution >= 4 is 28.2 Å². The number of ether oxygens (including phenoxy) is 2. The highest BCUT2D eigenvalue weighted by Crippen LogP contribution is 2.43. The van der Waals surface area contributed by atoms with E-state index in [4.69, 9.17) is 9.47 Å². The molecule has 34 heavy (non-hydrogen) atoms. The van der Waals surface area contributed by atoms with Crippen molar-refractivity contribution in [2.75, 3.05) is 11.9 Å². The molecule has 2 atom stereocenters. The number of esters is 1. The predicted octanol–water partition coefficient (Wildman–Crippen LogP) is 5.48. The van der Waals surface area contributed by atoms with Gasteiger partial charge in [0.2, 0.25) is 0 Å². The van der Waals surface area contributed by atoms with Crippen LogP contribution < -0.4 is 20.1 Å². The molecule has 176 valence electrons. The molecule has 0 radical (unpaired) electrons. The van der Waals surface area contributed by atoms with Crippen molar-refractivity contribution < 1.29 is 23.5 Å². The van der Waals surface area contributed by atoms with E-state index in [1.165, 1.54) is 34.7 Å². The van der Waals surface area contributed by atoms with Gasteiger partial charge in [0.1, 0.15) is 17.0 Å². The predicted molar refractivity (Wildman–Crippen MR) is 128 cm³/mol. The van der Waals surface area contributed by atoms with Crippen LogP contribution in [0.15, 0.2) is 42.5 Å². The Morgan fingerprint density at radius 1 is 1.15 bits per heavy atom. The van der Waals surface area contributed by atoms with Crippen LogP contribution in [0.2, 0.25) is 0 Å². The molecule has 2 N–H and O–H groups in total. The summed E-state index contributed by atoms with van der Waals surface area (Å²) in [7, 11) is 0. The summed E-state index contributed by atoms with van der Waals surface area (Å²) >= 11 is 1.67. The van der Waals surface area contributed by atoms with Crippen LogP contribution >= 0.6 is 11.3 Å². The first-order chi connectivity index (χ1) is 16.4. The molecule has 0 unspecified atom stereocenters. The summed E-state index contributed by atoms with van der Waals surface area (Å²) in [6, 6.07) is 10.3. The lowest BCUT2D eigenvalue weighted by Gasteiger charge is -2.27. The van der Waals surface area contributed by atoms with Gasteiger partial charge in [-0.15, -0.1) is 11.3 Å². The van der Waals surface area contributed by atoms with Gasteiger partial charge in [0, 0.05) is 4.88 Å². The molecule has 2 aliphatic rings. The topological polar surface area (TPSA) is 76.7 Å². The van der Waals surface area contributed by atoms with Gasteiger partial charge in [-0.1, -0.05) is 13.0 Å². The number of nitrogens with one attached hydrogen (secondary N) is 2. The minimum absolute atomic E-state index is 0.0735. The van der Waals surface area contributed by atoms with Gasteiger partial charge in [-0.05, 0) is 79.6 Å². The van der Waals surface area contributed by atoms with Crippen molar-refractivity contribution in [2.45, 2.75) is 39.3 Å². The number of thiophene rings is 1. The van der Waals surface area contributed by atoms with Crippen molar-refractivity contribution in [1.29, 1.82) is 0 Å². The number of carbonyl (C=O) groups excluding carboxylic acids is 2. The summed E-state index contributed by atoms with van der Waals surface area (Å²) in [6.07, 6.45) is 2.61. The van der Waals surface area contributed by atoms with Crippen molar-refractivity contribution in [1.82, 2.24) is 5.32 Å². The molecule has 1 aromatic heterocycles. The zero-order chi connectivity index (χ0) is 23.8. The van der Waals surface area contributed by atoms with E-state index in [0.717, 1.165) is 35.4 Å². The number of hydrogen-bond acceptors (Lipinski definition) is 6. The van der Waals surface area contributed by atoms with E-state index in [2.05, 4.69) is 17.6 Å². The highest BCUT2D eigenvalue weighted by atomic mass is 32.1. The van der Waals surface area contributed by atoms with Crippen LogP contribution in [-0.4, -0.2) is 18.5 Å². The van der Waals surface area contributed by atoms with Gasteiger partial charge < -0.3 is 20.1 Å². The normalized spacial score (nSPS) is 18.9. The van der Waals surface area contributed by atoms with Crippen molar-refractivity contribution in [3.8, 4) is 11.5 Å². The summed E-state index contributed by atoms with van der Waals surface area (Å²) in [5, 5.41) is 7.42. The van der Waals surface area contributed by atoms with Crippen LogP contribution in [0.1, 0.15) is 63.2 Å². The monoisotopic (exact) mass is 480 g/mol. The zero-order valence-electron chi connectivity index (χ0n) is 18.9. The quantitative estimate of drug-likeness (QED) is 0.373. The van der Waals surface area contributed by atoms with Gasteiger partial charge in [0.25, 0.3) is 5.91 Å². The number of rotatable bonds is 5. The Balaban J connectivity index is 1.39. The number of halogens is 1. The lowest BCUT2D eigenvalue weighted by atomic mass is 9.88. The summed E-state index contributed by atoms with van der Waals surface area (Å²) in [6.45, 7) is 4.45. The third-order valence-corrected chi connectivity index (χ3v) is 7.36. The summed E-state index contributed by atoms with van der Waals surface area (Å²) in [4.78, 5) is 26.8. The van der Waals surface area contributed by atoms with E-state index in [1.807, 2.05) is 6.92 Å². The van der Waals surface area contributed by atoms with Crippen molar-refractivity contribution in [3.05, 3.63) is 75.4 Å². The van der Waals surface area contributed by atoms with Gasteiger partial charge in [0.05, 0.1) is 17.7 Å². The van der Waals surface area contributed by atoms with E-state index in [9.17, 15) is 14.0 Å². The molecular formula is C26H25FN2O4S. The van der Waals surface area contributed by atoms with E-state index < -0.39 is 18.0 Å². The lowest BCUT2D eigenvalue weighted by Crippen LogP contribution is -2.38. The highest BCUT2D eigenvalue weighted by Gasteiger charge is 2.33. The van der Waals surface area contributed by atoms with Crippen LogP contribution in [0, 0.1) is 11.7 Å². The molecule has 2 heterocycles. The SMILES string of the molecule is CCOc1cc([C@@H]2NC(=O)c3c(sc4c3CC[C@@H](C)C4)N2)ccc1OC(=O)c1ccc(F)cc1. The Kier molecular flexibility index (Phi) is 6.00. The molecule has 0 saturated heterocycles. The van der Waals surface area contributed by atoms with E-state index in [1.54, 1.807) is 29.5 Å². The molecule has 1 amide bonds. The highest BCUT2D eigenvalue weighted by molar-refractivity contribution is 7.16. The Morgan fingerprint density at radius 3 is 2.71 bits per heavy atom. The molecule has 6 nitrogen and oxygen atoms in total. The van der Waals surface area contributed by atoms with E-state index in [0.29, 0.717) is 18.3 Å². The maximum atomic E-state index is 13.2. The number of carbonyl (C=O) groups is 2. The number of amides is 1. The molecule has 1 aliphatic heterocycles. The molecule has 2 aromatic carbocycles. The van der Waals surface area contributed by atoms with Gasteiger partial charge in [0.15, 0.2) is 11.5 Å². The van der Waals surface area contributed by atoms with Crippen molar-refractivity contribution in [2.24, 2.45) is 5.92 Å². The van der Waals surface area contributed by atoms with Crippen LogP contribution in [0.5, 0.6) is 11.5 Å². The molecule has 3 aromatic rings. The number of anilines is 1. The molecule has 8 heteroatoms. The first kappa shape index (κ1) is 22.4. The number of benzene rings is 2. The van der Waals surface area contributed by atoms with Crippen LogP contribution in [0.4, 0.5) is 9.39 Å². The van der Waals surface area contributed by atoms with Crippen LogP contribution in [0.3, 0.4) is 0 Å². The second-order valence-corrected chi connectivity index (χ2v) is 9.75. The number of hydrogen-bond donors (Lipinski definition) is 2. The molecule has 0 fully saturated rings. The smallest absolute Gasteiger partial charge is 0.343 e. The third-order valence-electron chi connectivity index (χ3n) is 6.17. The standard InChI is InChI=1S/C26H25FN2O4S/c1-3-32-20-13-16(7-11-19(20)33-26(31)15-5-8-17(27)9-6-15)23-28-24(30)22-18-10-4-14(2)12-21(18)34-25(22)29-23/h5-9,11,13-14,23,29H,3-4,10,12H2,1-2H3,(H,28,30)/t14-,23-/m1/s1. The third kappa shape index (κ3) is 4.25. The van der Waals surface area contributed by atoms with Crippen LogP contribution in [0.25, 0.3) is 0 Å². The average Bonchev–Trinajstić information content (AvgIpc) is 3.18. The van der Waals surface area contributed by atoms with Crippen molar-refractivity contribution in [3.63, 3.8) is 0 Å². The summed E-state index contributed by atoms with van der Waals surface area (Å²) in [5.41, 5.74) is 2.97. The first-order valence-corrected chi connectivity index (χ1v) is 12.2. The maximum Gasteiger partial charge on any atom is 0.343 e. The Labute approximate surface area is 201 Å². The Hall–Kier alpha value is -3.39. The molecule has 5 rings (SSSR count). The molecule has 0 bridgehead atoms. The van der Waals surface area contributed by atoms with Crippen LogP contribution in [-0.2, 0) is 12.8 Å². The van der Waals surface area contributed by atoms with Gasteiger partial charge in [-0.2, -0.15) is 0 Å². The number of fused-ring (bicyclic) bond motifs is 3. The van der Waals surface area contributed by atoms with Gasteiger partial charge >= 0.3 is 5.97 Å². The molecular weight excluding hydrogens is 455 g/mol. The first-order valence-electron chi connectivity index (χ1n) is 11.4. The maximum absolute atomic E-state index is 13.2. The lowest BCUT2D eigenvalue weighted by molar-refractivity contribution is 0.0728. The second-order valence-electron chi connectivity index (χ2n) is 8.64. The summed E-state index contributed by atoms with van der Waals surface area (Å²) in [5.74, 6) is 0.156. The minimum atomic E-state index is -0.610.